The molecule has 202 valence electrons. The van der Waals surface area contributed by atoms with Crippen LogP contribution in [0.2, 0.25) is 0 Å². The minimum atomic E-state index is -0.856. The summed E-state index contributed by atoms with van der Waals surface area (Å²) in [5.41, 5.74) is 0.708. The van der Waals surface area contributed by atoms with Gasteiger partial charge in [-0.1, -0.05) is 12.1 Å². The molecule has 0 spiro atoms. The van der Waals surface area contributed by atoms with E-state index in [0.717, 1.165) is 4.57 Å². The van der Waals surface area contributed by atoms with Crippen molar-refractivity contribution < 1.29 is 23.6 Å². The number of methoxy groups -OCH3 is 1. The van der Waals surface area contributed by atoms with Gasteiger partial charge in [0.15, 0.2) is 5.69 Å². The molecule has 39 heavy (non-hydrogen) atoms. The van der Waals surface area contributed by atoms with Crippen LogP contribution in [0.15, 0.2) is 46.2 Å². The lowest BCUT2D eigenvalue weighted by Gasteiger charge is -2.26. The SMILES string of the molecule is COCCn1cc([C@H](c2cc(F)ccc2C#N)[C@H](C)c2nc(C(=O)Nc3cnoc3)c(O)c(=O)n2C)c(C)n1. The summed E-state index contributed by atoms with van der Waals surface area (Å²) >= 11 is 0. The number of anilines is 1. The molecule has 4 rings (SSSR count). The monoisotopic (exact) mass is 535 g/mol. The first kappa shape index (κ1) is 27.2. The number of nitrogens with zero attached hydrogens (tertiary/aromatic N) is 6. The second kappa shape index (κ2) is 11.3. The van der Waals surface area contributed by atoms with E-state index in [1.54, 1.807) is 31.8 Å². The number of aromatic nitrogens is 5. The average Bonchev–Trinajstić information content (AvgIpc) is 3.56. The van der Waals surface area contributed by atoms with Crippen molar-refractivity contribution in [2.75, 3.05) is 19.0 Å². The van der Waals surface area contributed by atoms with Crippen LogP contribution in [0.4, 0.5) is 10.1 Å². The Kier molecular flexibility index (Phi) is 7.87. The summed E-state index contributed by atoms with van der Waals surface area (Å²) in [6.07, 6.45) is 4.19. The molecule has 0 unspecified atom stereocenters. The van der Waals surface area contributed by atoms with Crippen LogP contribution in [-0.4, -0.2) is 49.2 Å². The molecule has 2 atom stereocenters. The highest BCUT2D eigenvalue weighted by molar-refractivity contribution is 6.04. The van der Waals surface area contributed by atoms with Crippen molar-refractivity contribution in [1.29, 1.82) is 5.26 Å². The molecule has 0 radical (unpaired) electrons. The van der Waals surface area contributed by atoms with Crippen LogP contribution in [0.3, 0.4) is 0 Å². The molecule has 0 saturated carbocycles. The first-order valence-electron chi connectivity index (χ1n) is 11.9. The third kappa shape index (κ3) is 5.41. The van der Waals surface area contributed by atoms with Crippen molar-refractivity contribution in [3.8, 4) is 11.8 Å². The topological polar surface area (TPSA) is 161 Å². The number of aryl methyl sites for hydroxylation is 1. The second-order valence-electron chi connectivity index (χ2n) is 8.93. The van der Waals surface area contributed by atoms with Crippen LogP contribution in [0.25, 0.3) is 0 Å². The van der Waals surface area contributed by atoms with E-state index >= 15 is 0 Å². The van der Waals surface area contributed by atoms with E-state index in [9.17, 15) is 24.3 Å². The zero-order valence-corrected chi connectivity index (χ0v) is 21.7. The summed E-state index contributed by atoms with van der Waals surface area (Å²) < 4.78 is 27.2. The van der Waals surface area contributed by atoms with Crippen LogP contribution in [-0.2, 0) is 18.3 Å². The fraction of sp³-hybridized carbons (Fsp3) is 0.308. The number of carbonyl (C=O) groups is 1. The van der Waals surface area contributed by atoms with E-state index in [1.807, 2.05) is 0 Å². The van der Waals surface area contributed by atoms with Crippen molar-refractivity contribution >= 4 is 11.6 Å². The molecule has 13 heteroatoms. The van der Waals surface area contributed by atoms with Crippen LogP contribution in [0.5, 0.6) is 5.75 Å². The Balaban J connectivity index is 1.89. The summed E-state index contributed by atoms with van der Waals surface area (Å²) in [5, 5.41) is 30.8. The van der Waals surface area contributed by atoms with Gasteiger partial charge in [-0.05, 0) is 30.7 Å². The van der Waals surface area contributed by atoms with Crippen molar-refractivity contribution in [2.24, 2.45) is 7.05 Å². The zero-order valence-electron chi connectivity index (χ0n) is 21.7. The number of hydrogen-bond donors (Lipinski definition) is 2. The second-order valence-corrected chi connectivity index (χ2v) is 8.93. The molecule has 0 aliphatic heterocycles. The molecule has 0 bridgehead atoms. The van der Waals surface area contributed by atoms with E-state index in [0.29, 0.717) is 30.0 Å². The molecular formula is C26H26FN7O5. The van der Waals surface area contributed by atoms with Crippen molar-refractivity contribution in [3.63, 3.8) is 0 Å². The van der Waals surface area contributed by atoms with E-state index in [2.05, 4.69) is 26.6 Å². The van der Waals surface area contributed by atoms with Crippen molar-refractivity contribution in [1.82, 2.24) is 24.5 Å². The number of nitrogens with one attached hydrogen (secondary N) is 1. The number of benzene rings is 1. The van der Waals surface area contributed by atoms with Crippen LogP contribution in [0, 0.1) is 24.1 Å². The quantitative estimate of drug-likeness (QED) is 0.328. The summed E-state index contributed by atoms with van der Waals surface area (Å²) in [5.74, 6) is -3.53. The molecule has 0 aliphatic carbocycles. The van der Waals surface area contributed by atoms with Crippen LogP contribution < -0.4 is 10.9 Å². The standard InChI is InChI=1S/C26H26FN7O5/c1-14(24-31-22(23(35)26(37)33(24)3)25(36)30-18-11-29-39-13-18)21(19-9-17(27)6-5-16(19)10-28)20-12-34(7-8-38-4)32-15(20)2/h5-6,9,11-14,21,35H,7-8H2,1-4H3,(H,30,36)/t14-,21-/m0/s1. The Hall–Kier alpha value is -4.83. The Morgan fingerprint density at radius 3 is 2.79 bits per heavy atom. The van der Waals surface area contributed by atoms with Gasteiger partial charge in [0.1, 0.15) is 23.6 Å². The fourth-order valence-corrected chi connectivity index (χ4v) is 4.52. The normalized spacial score (nSPS) is 12.6. The van der Waals surface area contributed by atoms with E-state index in [4.69, 9.17) is 9.26 Å². The predicted octanol–water partition coefficient (Wildman–Crippen LogP) is 2.82. The number of hydrogen-bond acceptors (Lipinski definition) is 9. The third-order valence-corrected chi connectivity index (χ3v) is 6.43. The molecule has 1 aromatic carbocycles. The number of amides is 1. The average molecular weight is 536 g/mol. The molecule has 0 saturated heterocycles. The highest BCUT2D eigenvalue weighted by Gasteiger charge is 2.33. The van der Waals surface area contributed by atoms with Gasteiger partial charge in [0, 0.05) is 37.8 Å². The molecular weight excluding hydrogens is 509 g/mol. The van der Waals surface area contributed by atoms with Gasteiger partial charge in [-0.2, -0.15) is 10.4 Å². The number of rotatable bonds is 9. The molecule has 0 fully saturated rings. The number of carbonyl (C=O) groups excluding carboxylic acids is 1. The molecule has 1 amide bonds. The minimum Gasteiger partial charge on any atom is -0.501 e. The zero-order chi connectivity index (χ0) is 28.3. The maximum Gasteiger partial charge on any atom is 0.296 e. The first-order chi connectivity index (χ1) is 18.7. The smallest absolute Gasteiger partial charge is 0.296 e. The largest absolute Gasteiger partial charge is 0.501 e. The van der Waals surface area contributed by atoms with Crippen LogP contribution in [0.1, 0.15) is 57.5 Å². The lowest BCUT2D eigenvalue weighted by molar-refractivity contribution is 0.101. The molecule has 3 heterocycles. The highest BCUT2D eigenvalue weighted by atomic mass is 19.1. The Bertz CT molecular complexity index is 1600. The summed E-state index contributed by atoms with van der Waals surface area (Å²) in [6, 6.07) is 5.96. The molecule has 0 aliphatic rings. The number of nitriles is 1. The summed E-state index contributed by atoms with van der Waals surface area (Å²) in [7, 11) is 2.98. The van der Waals surface area contributed by atoms with Gasteiger partial charge in [-0.25, -0.2) is 9.37 Å². The predicted molar refractivity (Wildman–Crippen MR) is 136 cm³/mol. The van der Waals surface area contributed by atoms with Gasteiger partial charge in [-0.15, -0.1) is 0 Å². The summed E-state index contributed by atoms with van der Waals surface area (Å²) in [4.78, 5) is 30.3. The lowest BCUT2D eigenvalue weighted by Crippen LogP contribution is -2.29. The van der Waals surface area contributed by atoms with E-state index in [1.165, 1.54) is 37.7 Å². The van der Waals surface area contributed by atoms with Gasteiger partial charge >= 0.3 is 0 Å². The molecule has 12 nitrogen and oxygen atoms in total. The van der Waals surface area contributed by atoms with Crippen LogP contribution >= 0.6 is 0 Å². The van der Waals surface area contributed by atoms with Gasteiger partial charge in [-0.3, -0.25) is 18.8 Å². The Labute approximate surface area is 222 Å². The highest BCUT2D eigenvalue weighted by Crippen LogP contribution is 2.40. The Morgan fingerprint density at radius 2 is 2.13 bits per heavy atom. The number of halogens is 1. The van der Waals surface area contributed by atoms with Crippen molar-refractivity contribution in [3.05, 3.63) is 86.9 Å². The van der Waals surface area contributed by atoms with E-state index in [-0.39, 0.29) is 17.1 Å². The molecule has 4 aromatic rings. The summed E-state index contributed by atoms with van der Waals surface area (Å²) in [6.45, 7) is 4.38. The first-order valence-corrected chi connectivity index (χ1v) is 11.9. The number of ether oxygens (including phenoxy) is 1. The lowest BCUT2D eigenvalue weighted by atomic mass is 9.79. The van der Waals surface area contributed by atoms with Gasteiger partial charge in [0.2, 0.25) is 5.75 Å². The minimum absolute atomic E-state index is 0.121. The number of aromatic hydroxyl groups is 1. The maximum atomic E-state index is 14.5. The van der Waals surface area contributed by atoms with Gasteiger partial charge < -0.3 is 19.7 Å². The van der Waals surface area contributed by atoms with Crippen molar-refractivity contribution in [2.45, 2.75) is 32.2 Å². The molecule has 2 N–H and O–H groups in total. The van der Waals surface area contributed by atoms with Gasteiger partial charge in [0.25, 0.3) is 11.5 Å². The maximum absolute atomic E-state index is 14.5. The fourth-order valence-electron chi connectivity index (χ4n) is 4.52. The third-order valence-electron chi connectivity index (χ3n) is 6.43. The molecule has 3 aromatic heterocycles. The Morgan fingerprint density at radius 1 is 1.36 bits per heavy atom. The van der Waals surface area contributed by atoms with Gasteiger partial charge in [0.05, 0.1) is 36.7 Å². The van der Waals surface area contributed by atoms with E-state index < -0.39 is 40.6 Å².